The molecule has 0 N–H and O–H groups in total. The van der Waals surface area contributed by atoms with Crippen molar-refractivity contribution in [1.29, 1.82) is 0 Å². The van der Waals surface area contributed by atoms with Crippen LogP contribution >= 0.6 is 11.3 Å². The van der Waals surface area contributed by atoms with Crippen LogP contribution in [0.3, 0.4) is 0 Å². The molecule has 0 unspecified atom stereocenters. The van der Waals surface area contributed by atoms with Gasteiger partial charge in [0.25, 0.3) is 0 Å². The zero-order valence-corrected chi connectivity index (χ0v) is 6.09. The fraction of sp³-hybridized carbons (Fsp3) is 0. The van der Waals surface area contributed by atoms with Crippen LogP contribution in [0.2, 0.25) is 0 Å². The van der Waals surface area contributed by atoms with E-state index in [2.05, 4.69) is 15.9 Å². The van der Waals surface area contributed by atoms with Gasteiger partial charge in [0.1, 0.15) is 0 Å². The average molecular weight is 192 g/mol. The molecule has 0 saturated heterocycles. The summed E-state index contributed by atoms with van der Waals surface area (Å²) in [5.74, 6) is 0. The molecule has 0 aliphatic heterocycles. The number of hydrogen-bond donors (Lipinski definition) is 0. The fourth-order valence-electron chi connectivity index (χ4n) is 0.358. The Morgan fingerprint density at radius 3 is 2.44 bits per heavy atom. The van der Waals surface area contributed by atoms with E-state index in [9.17, 15) is 4.79 Å². The Labute approximate surface area is 64.9 Å². The maximum atomic E-state index is 9.88. The van der Waals surface area contributed by atoms with Gasteiger partial charge in [-0.2, -0.15) is 0 Å². The number of carbonyl (C=O) groups excluding carboxylic acids is 1. The van der Waals surface area contributed by atoms with E-state index in [1.165, 1.54) is 11.3 Å². The first kappa shape index (κ1) is 8.69. The molecule has 0 fully saturated rings. The van der Waals surface area contributed by atoms with Crippen molar-refractivity contribution in [2.45, 2.75) is 0 Å². The van der Waals surface area contributed by atoms with E-state index in [4.69, 9.17) is 3.83 Å². The van der Waals surface area contributed by atoms with Crippen LogP contribution in [0.15, 0.2) is 17.5 Å². The fourth-order valence-corrected chi connectivity index (χ4v) is 0.885. The van der Waals surface area contributed by atoms with Gasteiger partial charge in [-0.1, -0.05) is 6.07 Å². The Balaban J connectivity index is 0.000000291. The van der Waals surface area contributed by atoms with Crippen molar-refractivity contribution in [3.05, 3.63) is 22.4 Å². The molecule has 1 aromatic rings. The van der Waals surface area contributed by atoms with Crippen molar-refractivity contribution in [1.82, 2.24) is 0 Å². The van der Waals surface area contributed by atoms with Gasteiger partial charge < -0.3 is 0 Å². The molecule has 0 amide bonds. The first-order chi connectivity index (χ1) is 4.43. The molecule has 4 heteroatoms. The molecule has 0 aliphatic rings. The second-order valence-corrected chi connectivity index (χ2v) is 2.11. The second-order valence-electron chi connectivity index (χ2n) is 1.13. The van der Waals surface area contributed by atoms with Crippen LogP contribution in [0.4, 0.5) is 0 Å². The molecule has 0 saturated carbocycles. The van der Waals surface area contributed by atoms with Crippen molar-refractivity contribution in [3.8, 4) is 0 Å². The summed E-state index contributed by atoms with van der Waals surface area (Å²) in [6.45, 7) is 0. The van der Waals surface area contributed by atoms with Crippen LogP contribution in [0.5, 0.6) is 0 Å². The van der Waals surface area contributed by atoms with Crippen molar-refractivity contribution < 1.29 is 24.6 Å². The topological polar surface area (TPSA) is 34.1 Å². The Bertz CT molecular complexity index is 161. The Morgan fingerprint density at radius 1 is 1.56 bits per heavy atom. The first-order valence-corrected chi connectivity index (χ1v) is 3.31. The minimum absolute atomic E-state index is 0.792. The third-order valence-electron chi connectivity index (χ3n) is 0.659. The van der Waals surface area contributed by atoms with Crippen molar-refractivity contribution in [2.75, 3.05) is 0 Å². The van der Waals surface area contributed by atoms with Crippen LogP contribution in [-0.4, -0.2) is 6.29 Å². The summed E-state index contributed by atoms with van der Waals surface area (Å²) in [7, 11) is 0. The maximum absolute atomic E-state index is 9.88. The molecular formula is C5H4CuO2S. The third-order valence-corrected chi connectivity index (χ3v) is 1.46. The van der Waals surface area contributed by atoms with Gasteiger partial charge in [0, 0.05) is 0 Å². The Kier molecular flexibility index (Phi) is 5.62. The zero-order chi connectivity index (χ0) is 7.11. The van der Waals surface area contributed by atoms with E-state index in [0.29, 0.717) is 0 Å². The van der Waals surface area contributed by atoms with E-state index in [-0.39, 0.29) is 0 Å². The van der Waals surface area contributed by atoms with Crippen LogP contribution < -0.4 is 0 Å². The Hall–Kier alpha value is -0.311. The normalized spacial score (nSPS) is 7.33. The summed E-state index contributed by atoms with van der Waals surface area (Å²) in [6, 6.07) is 3.64. The molecule has 1 heterocycles. The number of hydrogen-bond acceptors (Lipinski definition) is 3. The number of thiophene rings is 1. The summed E-state index contributed by atoms with van der Waals surface area (Å²) in [6.07, 6.45) is 0.852. The van der Waals surface area contributed by atoms with Crippen LogP contribution in [0.25, 0.3) is 0 Å². The van der Waals surface area contributed by atoms with E-state index in [1.807, 2.05) is 11.4 Å². The molecule has 9 heavy (non-hydrogen) atoms. The number of carbonyl (C=O) groups is 1. The third kappa shape index (κ3) is 3.30. The molecule has 2 nitrogen and oxygen atoms in total. The summed E-state index contributed by atoms with van der Waals surface area (Å²) in [5, 5.41) is 1.88. The van der Waals surface area contributed by atoms with Gasteiger partial charge in [-0.05, 0) is 11.4 Å². The van der Waals surface area contributed by atoms with Gasteiger partial charge in [0.15, 0.2) is 6.29 Å². The van der Waals surface area contributed by atoms with Crippen molar-refractivity contribution >= 4 is 17.6 Å². The molecule has 1 rings (SSSR count). The summed E-state index contributed by atoms with van der Waals surface area (Å²) in [4.78, 5) is 10.7. The van der Waals surface area contributed by atoms with Crippen LogP contribution in [0.1, 0.15) is 9.67 Å². The van der Waals surface area contributed by atoms with Crippen molar-refractivity contribution in [3.63, 3.8) is 0 Å². The van der Waals surface area contributed by atoms with E-state index in [1.54, 1.807) is 6.07 Å². The standard InChI is InChI=1S/C5H4OS.Cu.O/c6-4-5-2-1-3-7-5;;/h1-4H;;. The molecule has 53 valence electrons. The molecule has 0 atom stereocenters. The van der Waals surface area contributed by atoms with Crippen LogP contribution in [0, 0.1) is 0 Å². The van der Waals surface area contributed by atoms with Gasteiger partial charge in [0.2, 0.25) is 0 Å². The predicted molar refractivity (Wildman–Crippen MR) is 30.4 cm³/mol. The molecule has 0 bridgehead atoms. The predicted octanol–water partition coefficient (Wildman–Crippen LogP) is 1.44. The monoisotopic (exact) mass is 191 g/mol. The van der Waals surface area contributed by atoms with Crippen molar-refractivity contribution in [2.24, 2.45) is 0 Å². The quantitative estimate of drug-likeness (QED) is 0.497. The average Bonchev–Trinajstić information content (AvgIpc) is 2.43. The van der Waals surface area contributed by atoms with E-state index in [0.717, 1.165) is 11.2 Å². The van der Waals surface area contributed by atoms with Gasteiger partial charge in [0.05, 0.1) is 4.88 Å². The number of aldehydes is 1. The summed E-state index contributed by atoms with van der Waals surface area (Å²) < 4.78 is 7.81. The summed E-state index contributed by atoms with van der Waals surface area (Å²) >= 11 is 4.39. The first-order valence-electron chi connectivity index (χ1n) is 2.04. The van der Waals surface area contributed by atoms with Gasteiger partial charge in [-0.15, -0.1) is 11.3 Å². The van der Waals surface area contributed by atoms with E-state index < -0.39 is 0 Å². The molecule has 0 aromatic carbocycles. The SMILES string of the molecule is O=Cc1cccs1.[O]=[Cu]. The minimum atomic E-state index is 0.792. The molecule has 0 radical (unpaired) electrons. The molecule has 0 spiro atoms. The number of rotatable bonds is 1. The van der Waals surface area contributed by atoms with Gasteiger partial charge in [-0.3, -0.25) is 4.79 Å². The molecular weight excluding hydrogens is 188 g/mol. The van der Waals surface area contributed by atoms with Gasteiger partial charge >= 0.3 is 19.8 Å². The molecule has 1 aromatic heterocycles. The van der Waals surface area contributed by atoms with E-state index >= 15 is 0 Å². The Morgan fingerprint density at radius 2 is 2.22 bits per heavy atom. The van der Waals surface area contributed by atoms with Crippen LogP contribution in [-0.2, 0) is 19.8 Å². The summed E-state index contributed by atoms with van der Waals surface area (Å²) in [5.41, 5.74) is 0. The van der Waals surface area contributed by atoms with Gasteiger partial charge in [-0.25, -0.2) is 0 Å². The second kappa shape index (κ2) is 5.82. The molecule has 0 aliphatic carbocycles. The zero-order valence-electron chi connectivity index (χ0n) is 4.34.